The van der Waals surface area contributed by atoms with Gasteiger partial charge in [0.1, 0.15) is 0 Å². The van der Waals surface area contributed by atoms with Gasteiger partial charge in [-0.15, -0.1) is 0 Å². The van der Waals surface area contributed by atoms with Crippen LogP contribution in [0.25, 0.3) is 0 Å². The molecule has 0 spiro atoms. The average Bonchev–Trinajstić information content (AvgIpc) is 2.38. The van der Waals surface area contributed by atoms with Crippen molar-refractivity contribution < 1.29 is 4.92 Å². The van der Waals surface area contributed by atoms with Crippen molar-refractivity contribution in [2.45, 2.75) is 6.54 Å². The van der Waals surface area contributed by atoms with Crippen LogP contribution in [0.15, 0.2) is 42.5 Å². The second-order valence-corrected chi connectivity index (χ2v) is 4.42. The van der Waals surface area contributed by atoms with E-state index in [0.29, 0.717) is 17.3 Å². The van der Waals surface area contributed by atoms with Crippen LogP contribution >= 0.6 is 11.6 Å². The minimum atomic E-state index is -0.423. The first kappa shape index (κ1) is 13.2. The lowest BCUT2D eigenvalue weighted by atomic mass is 10.2. The molecule has 0 aromatic heterocycles. The third kappa shape index (κ3) is 3.35. The number of nitrogens with zero attached hydrogens (tertiary/aromatic N) is 1. The summed E-state index contributed by atoms with van der Waals surface area (Å²) in [5.41, 5.74) is 7.99. The number of nitrogens with two attached hydrogens (primary N) is 1. The van der Waals surface area contributed by atoms with Crippen molar-refractivity contribution in [3.63, 3.8) is 0 Å². The molecule has 19 heavy (non-hydrogen) atoms. The summed E-state index contributed by atoms with van der Waals surface area (Å²) in [6, 6.07) is 11.6. The number of nitro groups is 1. The van der Waals surface area contributed by atoms with Gasteiger partial charge in [-0.25, -0.2) is 0 Å². The van der Waals surface area contributed by atoms with Gasteiger partial charge in [0.2, 0.25) is 0 Å². The third-order valence-electron chi connectivity index (χ3n) is 2.62. The summed E-state index contributed by atoms with van der Waals surface area (Å²) < 4.78 is 0. The van der Waals surface area contributed by atoms with Crippen LogP contribution < -0.4 is 11.1 Å². The van der Waals surface area contributed by atoms with Crippen molar-refractivity contribution >= 4 is 28.7 Å². The predicted molar refractivity (Wildman–Crippen MR) is 76.3 cm³/mol. The summed E-state index contributed by atoms with van der Waals surface area (Å²) in [6.45, 7) is 0.529. The topological polar surface area (TPSA) is 81.2 Å². The monoisotopic (exact) mass is 277 g/mol. The zero-order chi connectivity index (χ0) is 13.8. The Hall–Kier alpha value is -2.27. The molecule has 0 aliphatic carbocycles. The maximum absolute atomic E-state index is 10.5. The Labute approximate surface area is 115 Å². The molecule has 0 aliphatic rings. The van der Waals surface area contributed by atoms with Crippen molar-refractivity contribution in [2.24, 2.45) is 0 Å². The number of hydrogen-bond donors (Lipinski definition) is 2. The van der Waals surface area contributed by atoms with Gasteiger partial charge in [0.05, 0.1) is 15.6 Å². The molecule has 0 radical (unpaired) electrons. The second-order valence-electron chi connectivity index (χ2n) is 4.02. The highest BCUT2D eigenvalue weighted by Crippen LogP contribution is 2.24. The van der Waals surface area contributed by atoms with Gasteiger partial charge < -0.3 is 11.1 Å². The van der Waals surface area contributed by atoms with E-state index < -0.39 is 4.92 Å². The molecule has 6 heteroatoms. The molecule has 2 rings (SSSR count). The fraction of sp³-hybridized carbons (Fsp3) is 0.0769. The zero-order valence-corrected chi connectivity index (χ0v) is 10.7. The number of non-ortho nitro benzene ring substituents is 1. The summed E-state index contributed by atoms with van der Waals surface area (Å²) in [5.74, 6) is 0. The van der Waals surface area contributed by atoms with Crippen molar-refractivity contribution in [1.29, 1.82) is 0 Å². The molecule has 5 nitrogen and oxygen atoms in total. The number of rotatable bonds is 4. The largest absolute Gasteiger partial charge is 0.399 e. The van der Waals surface area contributed by atoms with Crippen LogP contribution in [0.2, 0.25) is 5.02 Å². The van der Waals surface area contributed by atoms with Crippen LogP contribution in [0.5, 0.6) is 0 Å². The predicted octanol–water partition coefficient (Wildman–Crippen LogP) is 3.44. The molecule has 98 valence electrons. The summed E-state index contributed by atoms with van der Waals surface area (Å²) >= 11 is 6.03. The highest BCUT2D eigenvalue weighted by molar-refractivity contribution is 6.33. The van der Waals surface area contributed by atoms with Gasteiger partial charge in [0, 0.05) is 24.4 Å². The molecular formula is C13H12ClN3O2. The van der Waals surface area contributed by atoms with Crippen molar-refractivity contribution in [1.82, 2.24) is 0 Å². The lowest BCUT2D eigenvalue weighted by molar-refractivity contribution is -0.384. The van der Waals surface area contributed by atoms with Crippen molar-refractivity contribution in [3.05, 3.63) is 63.2 Å². The highest BCUT2D eigenvalue weighted by Gasteiger charge is 2.04. The first-order valence-corrected chi connectivity index (χ1v) is 5.96. The minimum absolute atomic E-state index is 0.0780. The number of nitrogens with one attached hydrogen (secondary N) is 1. The maximum atomic E-state index is 10.5. The van der Waals surface area contributed by atoms with E-state index >= 15 is 0 Å². The van der Waals surface area contributed by atoms with E-state index in [1.807, 2.05) is 0 Å². The number of anilines is 2. The Bertz CT molecular complexity index is 599. The van der Waals surface area contributed by atoms with Crippen molar-refractivity contribution in [3.8, 4) is 0 Å². The van der Waals surface area contributed by atoms with E-state index in [9.17, 15) is 10.1 Å². The Morgan fingerprint density at radius 2 is 1.89 bits per heavy atom. The van der Waals surface area contributed by atoms with Gasteiger partial charge >= 0.3 is 0 Å². The number of benzene rings is 2. The number of hydrogen-bond acceptors (Lipinski definition) is 4. The third-order valence-corrected chi connectivity index (χ3v) is 2.94. The normalized spacial score (nSPS) is 10.2. The molecule has 0 atom stereocenters. The van der Waals surface area contributed by atoms with Crippen LogP contribution in [0.1, 0.15) is 5.56 Å². The number of halogens is 1. The highest BCUT2D eigenvalue weighted by atomic mass is 35.5. The molecule has 2 aromatic rings. The standard InChI is InChI=1S/C13H12ClN3O2/c14-12-7-10(15)3-6-13(12)16-8-9-1-4-11(5-2-9)17(18)19/h1-7,16H,8,15H2. The zero-order valence-electron chi connectivity index (χ0n) is 9.97. The molecule has 0 fully saturated rings. The molecule has 3 N–H and O–H groups in total. The summed E-state index contributed by atoms with van der Waals surface area (Å²) in [6.07, 6.45) is 0. The van der Waals surface area contributed by atoms with Crippen LogP contribution in [0.4, 0.5) is 17.1 Å². The van der Waals surface area contributed by atoms with Crippen LogP contribution in [-0.4, -0.2) is 4.92 Å². The maximum Gasteiger partial charge on any atom is 0.269 e. The quantitative estimate of drug-likeness (QED) is 0.509. The van der Waals surface area contributed by atoms with E-state index in [4.69, 9.17) is 17.3 Å². The van der Waals surface area contributed by atoms with Gasteiger partial charge in [0.25, 0.3) is 5.69 Å². The summed E-state index contributed by atoms with van der Waals surface area (Å²) in [7, 11) is 0. The Morgan fingerprint density at radius 3 is 2.47 bits per heavy atom. The smallest absolute Gasteiger partial charge is 0.269 e. The number of nitrogen functional groups attached to an aromatic ring is 1. The van der Waals surface area contributed by atoms with Crippen LogP contribution in [-0.2, 0) is 6.54 Å². The van der Waals surface area contributed by atoms with E-state index in [0.717, 1.165) is 11.3 Å². The molecule has 2 aromatic carbocycles. The van der Waals surface area contributed by atoms with E-state index in [-0.39, 0.29) is 5.69 Å². The molecule has 0 amide bonds. The first-order valence-electron chi connectivity index (χ1n) is 5.58. The van der Waals surface area contributed by atoms with E-state index in [1.165, 1.54) is 12.1 Å². The fourth-order valence-corrected chi connectivity index (χ4v) is 1.86. The van der Waals surface area contributed by atoms with Crippen LogP contribution in [0, 0.1) is 10.1 Å². The Morgan fingerprint density at radius 1 is 1.21 bits per heavy atom. The van der Waals surface area contributed by atoms with Gasteiger partial charge in [0.15, 0.2) is 0 Å². The molecule has 0 bridgehead atoms. The lowest BCUT2D eigenvalue weighted by Gasteiger charge is -2.08. The average molecular weight is 278 g/mol. The first-order chi connectivity index (χ1) is 9.06. The molecule has 0 heterocycles. The second kappa shape index (κ2) is 5.58. The van der Waals surface area contributed by atoms with Gasteiger partial charge in [-0.1, -0.05) is 23.7 Å². The van der Waals surface area contributed by atoms with Gasteiger partial charge in [-0.05, 0) is 23.8 Å². The van der Waals surface area contributed by atoms with Gasteiger partial charge in [-0.3, -0.25) is 10.1 Å². The van der Waals surface area contributed by atoms with Gasteiger partial charge in [-0.2, -0.15) is 0 Å². The molecule has 0 saturated carbocycles. The molecular weight excluding hydrogens is 266 g/mol. The van der Waals surface area contributed by atoms with E-state index in [1.54, 1.807) is 30.3 Å². The minimum Gasteiger partial charge on any atom is -0.399 e. The van der Waals surface area contributed by atoms with Crippen LogP contribution in [0.3, 0.4) is 0 Å². The molecule has 0 aliphatic heterocycles. The van der Waals surface area contributed by atoms with Crippen molar-refractivity contribution in [2.75, 3.05) is 11.1 Å². The fourth-order valence-electron chi connectivity index (χ4n) is 1.61. The molecule has 0 saturated heterocycles. The molecule has 0 unspecified atom stereocenters. The summed E-state index contributed by atoms with van der Waals surface area (Å²) in [5, 5.41) is 14.2. The Balaban J connectivity index is 2.04. The summed E-state index contributed by atoms with van der Waals surface area (Å²) in [4.78, 5) is 10.1. The Kier molecular flexibility index (Phi) is 3.87. The van der Waals surface area contributed by atoms with E-state index in [2.05, 4.69) is 5.32 Å². The number of nitro benzene ring substituents is 1. The lowest BCUT2D eigenvalue weighted by Crippen LogP contribution is -2.00. The SMILES string of the molecule is Nc1ccc(NCc2ccc([N+](=O)[O-])cc2)c(Cl)c1.